The van der Waals surface area contributed by atoms with Crippen molar-refractivity contribution in [2.75, 3.05) is 40.4 Å². The minimum atomic E-state index is 0.142. The summed E-state index contributed by atoms with van der Waals surface area (Å²) in [7, 11) is 3.74. The summed E-state index contributed by atoms with van der Waals surface area (Å²) < 4.78 is 7.14. The van der Waals surface area contributed by atoms with Crippen LogP contribution in [0.5, 0.6) is 0 Å². The van der Waals surface area contributed by atoms with Crippen LogP contribution in [-0.2, 0) is 9.57 Å². The molecule has 110 valence electrons. The third-order valence-corrected chi connectivity index (χ3v) is 2.90. The maximum Gasteiger partial charge on any atom is 0.472 e. The van der Waals surface area contributed by atoms with Crippen molar-refractivity contribution >= 4 is 11.7 Å². The number of nitrogens with zero attached hydrogens (tertiary/aromatic N) is 5. The maximum absolute atomic E-state index is 9.18. The average Bonchev–Trinajstić information content (AvgIpc) is 2.53. The van der Waals surface area contributed by atoms with Crippen molar-refractivity contribution in [3.8, 4) is 6.07 Å². The average molecular weight is 288 g/mol. The van der Waals surface area contributed by atoms with E-state index in [2.05, 4.69) is 10.1 Å². The second-order valence-electron chi connectivity index (χ2n) is 4.63. The Morgan fingerprint density at radius 1 is 1.43 bits per heavy atom. The molecule has 0 spiro atoms. The molecular formula is C14H18N5O2+. The van der Waals surface area contributed by atoms with Gasteiger partial charge in [-0.05, 0) is 12.1 Å². The minimum absolute atomic E-state index is 0.142. The Labute approximate surface area is 123 Å². The Morgan fingerprint density at radius 3 is 2.76 bits per heavy atom. The van der Waals surface area contributed by atoms with Crippen LogP contribution in [0.25, 0.3) is 0 Å². The Morgan fingerprint density at radius 2 is 2.19 bits per heavy atom. The highest BCUT2D eigenvalue weighted by atomic mass is 16.7. The number of ether oxygens (including phenoxy) is 1. The van der Waals surface area contributed by atoms with Crippen LogP contribution < -0.4 is 0 Å². The van der Waals surface area contributed by atoms with Crippen LogP contribution in [0.4, 0.5) is 0 Å². The normalized spacial score (nSPS) is 15.3. The van der Waals surface area contributed by atoms with Crippen molar-refractivity contribution in [1.82, 2.24) is 9.88 Å². The van der Waals surface area contributed by atoms with E-state index < -0.39 is 0 Å². The van der Waals surface area contributed by atoms with E-state index in [9.17, 15) is 5.26 Å². The number of rotatable bonds is 2. The van der Waals surface area contributed by atoms with E-state index in [1.165, 1.54) is 0 Å². The van der Waals surface area contributed by atoms with Gasteiger partial charge in [-0.2, -0.15) is 5.26 Å². The number of hydrogen-bond acceptors (Lipinski definition) is 5. The van der Waals surface area contributed by atoms with E-state index in [4.69, 9.17) is 9.57 Å². The van der Waals surface area contributed by atoms with Gasteiger partial charge in [0.25, 0.3) is 0 Å². The van der Waals surface area contributed by atoms with E-state index in [0.717, 1.165) is 13.1 Å². The minimum Gasteiger partial charge on any atom is -0.373 e. The highest BCUT2D eigenvalue weighted by Crippen LogP contribution is 2.02. The van der Waals surface area contributed by atoms with Crippen LogP contribution in [-0.4, -0.2) is 66.6 Å². The molecule has 1 aliphatic rings. The molecule has 0 saturated carbocycles. The smallest absolute Gasteiger partial charge is 0.373 e. The van der Waals surface area contributed by atoms with Crippen molar-refractivity contribution in [3.63, 3.8) is 0 Å². The van der Waals surface area contributed by atoms with Crippen LogP contribution in [0.3, 0.4) is 0 Å². The summed E-state index contributed by atoms with van der Waals surface area (Å²) in [5.74, 6) is 0. The quantitative estimate of drug-likeness (QED) is 0.338. The summed E-state index contributed by atoms with van der Waals surface area (Å²) >= 11 is 0. The Bertz CT molecular complexity index is 567. The fourth-order valence-corrected chi connectivity index (χ4v) is 1.89. The molecule has 0 radical (unpaired) electrons. The van der Waals surface area contributed by atoms with Gasteiger partial charge in [0, 0.05) is 6.20 Å². The standard InChI is InChI=1S/C14H18N5O2/c1-18(2)14(19-7-9-20-10-8-19)21-17-13(11-15)12-5-3-4-6-16-12/h3-6H,7-10H2,1-2H3/q+1. The van der Waals surface area contributed by atoms with Crippen LogP contribution in [0, 0.1) is 11.3 Å². The van der Waals surface area contributed by atoms with Crippen molar-refractivity contribution in [3.05, 3.63) is 30.1 Å². The Balaban J connectivity index is 2.16. The van der Waals surface area contributed by atoms with Gasteiger partial charge in [-0.3, -0.25) is 9.82 Å². The lowest BCUT2D eigenvalue weighted by Crippen LogP contribution is -2.44. The molecule has 1 aromatic heterocycles. The SMILES string of the molecule is C[N+](C)=C(ON=C(C#N)c1ccccn1)N1CCOCC1. The summed E-state index contributed by atoms with van der Waals surface area (Å²) in [5, 5.41) is 13.1. The lowest BCUT2D eigenvalue weighted by molar-refractivity contribution is -0.481. The third-order valence-electron chi connectivity index (χ3n) is 2.90. The number of morpholine rings is 1. The molecule has 7 nitrogen and oxygen atoms in total. The van der Waals surface area contributed by atoms with Gasteiger partial charge in [0.05, 0.1) is 27.3 Å². The van der Waals surface area contributed by atoms with Gasteiger partial charge < -0.3 is 4.74 Å². The fraction of sp³-hybridized carbons (Fsp3) is 0.429. The van der Waals surface area contributed by atoms with E-state index >= 15 is 0 Å². The predicted octanol–water partition coefficient (Wildman–Crippen LogP) is 0.286. The van der Waals surface area contributed by atoms with Crippen molar-refractivity contribution in [2.45, 2.75) is 0 Å². The number of oxime groups is 1. The number of hydrogen-bond donors (Lipinski definition) is 0. The van der Waals surface area contributed by atoms with Gasteiger partial charge >= 0.3 is 6.02 Å². The molecule has 2 rings (SSSR count). The molecule has 7 heteroatoms. The summed E-state index contributed by atoms with van der Waals surface area (Å²) in [6.07, 6.45) is 1.61. The Kier molecular flexibility index (Phi) is 5.23. The molecule has 0 atom stereocenters. The van der Waals surface area contributed by atoms with Crippen LogP contribution in [0.2, 0.25) is 0 Å². The van der Waals surface area contributed by atoms with E-state index in [0.29, 0.717) is 24.9 Å². The number of amidine groups is 1. The zero-order valence-electron chi connectivity index (χ0n) is 12.2. The molecule has 21 heavy (non-hydrogen) atoms. The molecule has 1 saturated heterocycles. The van der Waals surface area contributed by atoms with Crippen LogP contribution >= 0.6 is 0 Å². The molecule has 0 N–H and O–H groups in total. The van der Waals surface area contributed by atoms with Crippen LogP contribution in [0.15, 0.2) is 29.6 Å². The van der Waals surface area contributed by atoms with Gasteiger partial charge in [0.2, 0.25) is 5.71 Å². The predicted molar refractivity (Wildman–Crippen MR) is 77.0 cm³/mol. The van der Waals surface area contributed by atoms with Crippen molar-refractivity contribution in [2.24, 2.45) is 5.16 Å². The van der Waals surface area contributed by atoms with Gasteiger partial charge in [-0.15, -0.1) is 0 Å². The van der Waals surface area contributed by atoms with Gasteiger partial charge in [-0.25, -0.2) is 9.48 Å². The highest BCUT2D eigenvalue weighted by molar-refractivity contribution is 6.10. The zero-order valence-corrected chi connectivity index (χ0v) is 12.2. The largest absolute Gasteiger partial charge is 0.472 e. The fourth-order valence-electron chi connectivity index (χ4n) is 1.89. The van der Waals surface area contributed by atoms with Crippen molar-refractivity contribution in [1.29, 1.82) is 5.26 Å². The first-order valence-corrected chi connectivity index (χ1v) is 6.66. The summed E-state index contributed by atoms with van der Waals surface area (Å²) in [6.45, 7) is 2.76. The van der Waals surface area contributed by atoms with Gasteiger partial charge in [-0.1, -0.05) is 11.2 Å². The molecule has 2 heterocycles. The monoisotopic (exact) mass is 288 g/mol. The zero-order chi connectivity index (χ0) is 15.1. The molecule has 1 aliphatic heterocycles. The molecule has 0 unspecified atom stereocenters. The molecule has 1 fully saturated rings. The first-order chi connectivity index (χ1) is 10.2. The molecule has 0 amide bonds. The summed E-state index contributed by atoms with van der Waals surface area (Å²) in [6, 6.07) is 7.89. The second-order valence-corrected chi connectivity index (χ2v) is 4.63. The van der Waals surface area contributed by atoms with Crippen LogP contribution in [0.1, 0.15) is 5.69 Å². The lowest BCUT2D eigenvalue weighted by atomic mass is 10.2. The van der Waals surface area contributed by atoms with E-state index in [-0.39, 0.29) is 5.71 Å². The second kappa shape index (κ2) is 7.36. The Hall–Kier alpha value is -2.46. The number of aromatic nitrogens is 1. The lowest BCUT2D eigenvalue weighted by Gasteiger charge is -2.21. The summed E-state index contributed by atoms with van der Waals surface area (Å²) in [4.78, 5) is 11.6. The highest BCUT2D eigenvalue weighted by Gasteiger charge is 2.26. The van der Waals surface area contributed by atoms with Gasteiger partial charge in [0.15, 0.2) is 0 Å². The topological polar surface area (TPSA) is 73.8 Å². The molecule has 0 aliphatic carbocycles. The molecule has 1 aromatic rings. The number of pyridine rings is 1. The van der Waals surface area contributed by atoms with E-state index in [1.807, 2.05) is 29.6 Å². The molecule has 0 bridgehead atoms. The van der Waals surface area contributed by atoms with Gasteiger partial charge in [0.1, 0.15) is 24.9 Å². The third kappa shape index (κ3) is 4.00. The summed E-state index contributed by atoms with van der Waals surface area (Å²) in [5.41, 5.74) is 0.628. The van der Waals surface area contributed by atoms with Crippen molar-refractivity contribution < 1.29 is 14.1 Å². The first-order valence-electron chi connectivity index (χ1n) is 6.66. The maximum atomic E-state index is 9.18. The molecular weight excluding hydrogens is 270 g/mol. The first kappa shape index (κ1) is 14.9. The number of nitriles is 1. The van der Waals surface area contributed by atoms with E-state index in [1.54, 1.807) is 24.4 Å². The molecule has 0 aromatic carbocycles.